The van der Waals surface area contributed by atoms with Crippen LogP contribution in [0, 0.1) is 5.92 Å². The number of hydrogen-bond donors (Lipinski definition) is 1. The zero-order chi connectivity index (χ0) is 13.5. The van der Waals surface area contributed by atoms with Crippen LogP contribution in [-0.2, 0) is 6.54 Å². The molecule has 0 aliphatic heterocycles. The normalized spacial score (nSPS) is 11.0. The fourth-order valence-corrected chi connectivity index (χ4v) is 2.26. The number of nitrogens with zero attached hydrogens (tertiary/aromatic N) is 1. The minimum atomic E-state index is 0.668. The maximum Gasteiger partial charge on any atom is 0.0412 e. The van der Waals surface area contributed by atoms with Crippen molar-refractivity contribution in [3.05, 3.63) is 28.8 Å². The predicted molar refractivity (Wildman–Crippen MR) is 81.6 cm³/mol. The lowest BCUT2D eigenvalue weighted by Crippen LogP contribution is -2.25. The number of nitrogens with one attached hydrogen (secondary N) is 1. The van der Waals surface area contributed by atoms with Gasteiger partial charge in [0.1, 0.15) is 0 Å². The van der Waals surface area contributed by atoms with Crippen LogP contribution in [0.15, 0.2) is 18.2 Å². The van der Waals surface area contributed by atoms with Crippen molar-refractivity contribution in [2.75, 3.05) is 24.5 Å². The Balaban J connectivity index is 2.82. The molecule has 0 saturated heterocycles. The maximum atomic E-state index is 6.10. The molecule has 0 bridgehead atoms. The summed E-state index contributed by atoms with van der Waals surface area (Å²) in [5.74, 6) is 0.668. The Hall–Kier alpha value is -0.730. The lowest BCUT2D eigenvalue weighted by Gasteiger charge is -2.24. The summed E-state index contributed by atoms with van der Waals surface area (Å²) in [5, 5.41) is 4.30. The lowest BCUT2D eigenvalue weighted by atomic mass is 10.1. The van der Waals surface area contributed by atoms with E-state index in [0.29, 0.717) is 5.92 Å². The van der Waals surface area contributed by atoms with Gasteiger partial charge in [-0.15, -0.1) is 0 Å². The number of anilines is 1. The van der Waals surface area contributed by atoms with Gasteiger partial charge < -0.3 is 10.2 Å². The van der Waals surface area contributed by atoms with Gasteiger partial charge in [-0.25, -0.2) is 0 Å². The van der Waals surface area contributed by atoms with Gasteiger partial charge in [0.25, 0.3) is 0 Å². The molecule has 0 unspecified atom stereocenters. The Bertz CT molecular complexity index is 360. The molecule has 0 fully saturated rings. The zero-order valence-corrected chi connectivity index (χ0v) is 12.7. The van der Waals surface area contributed by atoms with Crippen molar-refractivity contribution in [1.29, 1.82) is 0 Å². The number of rotatable bonds is 7. The molecule has 2 nitrogen and oxygen atoms in total. The molecule has 1 aromatic rings. The highest BCUT2D eigenvalue weighted by Gasteiger charge is 2.08. The molecule has 3 heteroatoms. The van der Waals surface area contributed by atoms with E-state index in [1.165, 1.54) is 11.3 Å². The highest BCUT2D eigenvalue weighted by molar-refractivity contribution is 6.30. The van der Waals surface area contributed by atoms with Gasteiger partial charge >= 0.3 is 0 Å². The summed E-state index contributed by atoms with van der Waals surface area (Å²) in [7, 11) is 0. The first-order chi connectivity index (χ1) is 8.58. The molecule has 0 heterocycles. The molecule has 18 heavy (non-hydrogen) atoms. The van der Waals surface area contributed by atoms with Crippen molar-refractivity contribution in [3.63, 3.8) is 0 Å². The van der Waals surface area contributed by atoms with Crippen LogP contribution < -0.4 is 10.2 Å². The summed E-state index contributed by atoms with van der Waals surface area (Å²) >= 11 is 6.10. The zero-order valence-electron chi connectivity index (χ0n) is 12.0. The Morgan fingerprint density at radius 1 is 1.22 bits per heavy atom. The van der Waals surface area contributed by atoms with E-state index in [1.807, 2.05) is 6.07 Å². The third-order valence-electron chi connectivity index (χ3n) is 3.01. The van der Waals surface area contributed by atoms with E-state index in [9.17, 15) is 0 Å². The fourth-order valence-electron chi connectivity index (χ4n) is 2.06. The number of halogens is 1. The van der Waals surface area contributed by atoms with Crippen LogP contribution in [0.3, 0.4) is 0 Å². The van der Waals surface area contributed by atoms with Crippen LogP contribution in [-0.4, -0.2) is 19.6 Å². The fraction of sp³-hybridized carbons (Fsp3) is 0.600. The molecule has 0 radical (unpaired) electrons. The number of hydrogen-bond acceptors (Lipinski definition) is 2. The first-order valence-electron chi connectivity index (χ1n) is 6.82. The Labute approximate surface area is 116 Å². The Morgan fingerprint density at radius 3 is 2.44 bits per heavy atom. The molecule has 0 atom stereocenters. The van der Waals surface area contributed by atoms with Gasteiger partial charge in [0.15, 0.2) is 0 Å². The Kier molecular flexibility index (Phi) is 6.51. The van der Waals surface area contributed by atoms with E-state index in [1.54, 1.807) is 0 Å². The highest BCUT2D eigenvalue weighted by Crippen LogP contribution is 2.24. The van der Waals surface area contributed by atoms with Crippen LogP contribution in [0.2, 0.25) is 5.02 Å². The molecule has 0 aliphatic rings. The average Bonchev–Trinajstić information content (AvgIpc) is 2.32. The van der Waals surface area contributed by atoms with Gasteiger partial charge in [-0.3, -0.25) is 0 Å². The standard InChI is InChI=1S/C15H25ClN2/c1-5-18(6-2)15-8-7-14(16)9-13(15)11-17-10-12(3)4/h7-9,12,17H,5-6,10-11H2,1-4H3. The van der Waals surface area contributed by atoms with Crippen LogP contribution in [0.4, 0.5) is 5.69 Å². The van der Waals surface area contributed by atoms with Crippen molar-refractivity contribution in [1.82, 2.24) is 5.32 Å². The summed E-state index contributed by atoms with van der Waals surface area (Å²) < 4.78 is 0. The number of benzene rings is 1. The van der Waals surface area contributed by atoms with E-state index < -0.39 is 0 Å². The van der Waals surface area contributed by atoms with Gasteiger partial charge in [-0.05, 0) is 50.1 Å². The van der Waals surface area contributed by atoms with Crippen molar-refractivity contribution in [2.45, 2.75) is 34.2 Å². The quantitative estimate of drug-likeness (QED) is 0.806. The summed E-state index contributed by atoms with van der Waals surface area (Å²) in [4.78, 5) is 2.36. The monoisotopic (exact) mass is 268 g/mol. The molecule has 0 saturated carbocycles. The SMILES string of the molecule is CCN(CC)c1ccc(Cl)cc1CNCC(C)C. The van der Waals surface area contributed by atoms with E-state index in [0.717, 1.165) is 31.2 Å². The molecule has 1 rings (SSSR count). The maximum absolute atomic E-state index is 6.10. The molecule has 102 valence electrons. The van der Waals surface area contributed by atoms with Gasteiger partial charge in [-0.1, -0.05) is 25.4 Å². The van der Waals surface area contributed by atoms with Gasteiger partial charge in [0, 0.05) is 30.3 Å². The second-order valence-electron chi connectivity index (χ2n) is 4.97. The van der Waals surface area contributed by atoms with Crippen molar-refractivity contribution < 1.29 is 0 Å². The minimum Gasteiger partial charge on any atom is -0.372 e. The molecular weight excluding hydrogens is 244 g/mol. The Morgan fingerprint density at radius 2 is 1.89 bits per heavy atom. The molecule has 1 aromatic carbocycles. The highest BCUT2D eigenvalue weighted by atomic mass is 35.5. The summed E-state index contributed by atoms with van der Waals surface area (Å²) in [6.45, 7) is 12.8. The molecular formula is C15H25ClN2. The van der Waals surface area contributed by atoms with Gasteiger partial charge in [-0.2, -0.15) is 0 Å². The second kappa shape index (κ2) is 7.65. The second-order valence-corrected chi connectivity index (χ2v) is 5.41. The van der Waals surface area contributed by atoms with E-state index in [-0.39, 0.29) is 0 Å². The molecule has 0 aromatic heterocycles. The first-order valence-corrected chi connectivity index (χ1v) is 7.20. The van der Waals surface area contributed by atoms with Crippen molar-refractivity contribution >= 4 is 17.3 Å². The van der Waals surface area contributed by atoms with Crippen LogP contribution in [0.1, 0.15) is 33.3 Å². The van der Waals surface area contributed by atoms with E-state index in [2.05, 4.69) is 50.0 Å². The lowest BCUT2D eigenvalue weighted by molar-refractivity contribution is 0.552. The molecule has 0 aliphatic carbocycles. The van der Waals surface area contributed by atoms with Crippen LogP contribution in [0.25, 0.3) is 0 Å². The van der Waals surface area contributed by atoms with Crippen molar-refractivity contribution in [2.24, 2.45) is 5.92 Å². The smallest absolute Gasteiger partial charge is 0.0412 e. The van der Waals surface area contributed by atoms with E-state index in [4.69, 9.17) is 11.6 Å². The van der Waals surface area contributed by atoms with E-state index >= 15 is 0 Å². The minimum absolute atomic E-state index is 0.668. The topological polar surface area (TPSA) is 15.3 Å². The molecule has 1 N–H and O–H groups in total. The third-order valence-corrected chi connectivity index (χ3v) is 3.25. The summed E-state index contributed by atoms with van der Waals surface area (Å²) in [6, 6.07) is 6.17. The van der Waals surface area contributed by atoms with Crippen LogP contribution in [0.5, 0.6) is 0 Å². The van der Waals surface area contributed by atoms with Crippen LogP contribution >= 0.6 is 11.6 Å². The van der Waals surface area contributed by atoms with Gasteiger partial charge in [0.2, 0.25) is 0 Å². The predicted octanol–water partition coefficient (Wildman–Crippen LogP) is 3.93. The molecule has 0 spiro atoms. The van der Waals surface area contributed by atoms with Crippen molar-refractivity contribution in [3.8, 4) is 0 Å². The molecule has 0 amide bonds. The average molecular weight is 269 g/mol. The summed E-state index contributed by atoms with van der Waals surface area (Å²) in [5.41, 5.74) is 2.58. The third kappa shape index (κ3) is 4.51. The van der Waals surface area contributed by atoms with Gasteiger partial charge in [0.05, 0.1) is 0 Å². The largest absolute Gasteiger partial charge is 0.372 e. The summed E-state index contributed by atoms with van der Waals surface area (Å²) in [6.07, 6.45) is 0. The first kappa shape index (κ1) is 15.3.